The maximum absolute atomic E-state index is 5.49. The van der Waals surface area contributed by atoms with Gasteiger partial charge in [0.2, 0.25) is 0 Å². The van der Waals surface area contributed by atoms with Crippen LogP contribution in [0.15, 0.2) is 4.99 Å². The Labute approximate surface area is 159 Å². The van der Waals surface area contributed by atoms with E-state index in [4.69, 9.17) is 9.47 Å². The lowest BCUT2D eigenvalue weighted by Gasteiger charge is -2.37. The lowest BCUT2D eigenvalue weighted by molar-refractivity contribution is 0.00752. The molecule has 0 aliphatic carbocycles. The van der Waals surface area contributed by atoms with Crippen molar-refractivity contribution in [1.29, 1.82) is 0 Å². The number of rotatable bonds is 9. The van der Waals surface area contributed by atoms with Gasteiger partial charge in [-0.05, 0) is 25.3 Å². The molecule has 0 amide bonds. The average molecular weight is 370 g/mol. The fraction of sp³-hybridized carbons (Fsp3) is 0.947. The molecule has 26 heavy (non-hydrogen) atoms. The summed E-state index contributed by atoms with van der Waals surface area (Å²) in [7, 11) is 1.85. The Balaban J connectivity index is 1.61. The predicted octanol–water partition coefficient (Wildman–Crippen LogP) is 0.621. The van der Waals surface area contributed by atoms with Gasteiger partial charge < -0.3 is 20.1 Å². The topological polar surface area (TPSA) is 61.4 Å². The van der Waals surface area contributed by atoms with Gasteiger partial charge in [-0.1, -0.05) is 13.8 Å². The van der Waals surface area contributed by atoms with E-state index in [1.54, 1.807) is 0 Å². The summed E-state index contributed by atoms with van der Waals surface area (Å²) in [4.78, 5) is 9.41. The molecule has 2 N–H and O–H groups in total. The second-order valence-electron chi connectivity index (χ2n) is 7.50. The van der Waals surface area contributed by atoms with Crippen LogP contribution in [0.3, 0.4) is 0 Å². The van der Waals surface area contributed by atoms with E-state index >= 15 is 0 Å². The van der Waals surface area contributed by atoms with Crippen LogP contribution in [0, 0.1) is 5.92 Å². The molecule has 2 rings (SSSR count). The van der Waals surface area contributed by atoms with Crippen molar-refractivity contribution in [2.24, 2.45) is 10.9 Å². The van der Waals surface area contributed by atoms with Crippen LogP contribution in [0.4, 0.5) is 0 Å². The highest BCUT2D eigenvalue weighted by Gasteiger charge is 2.23. The summed E-state index contributed by atoms with van der Waals surface area (Å²) in [5.41, 5.74) is 0. The minimum atomic E-state index is 0.513. The van der Waals surface area contributed by atoms with Crippen molar-refractivity contribution < 1.29 is 9.47 Å². The van der Waals surface area contributed by atoms with E-state index in [1.165, 1.54) is 13.0 Å². The van der Waals surface area contributed by atoms with Gasteiger partial charge in [0, 0.05) is 52.4 Å². The van der Waals surface area contributed by atoms with Crippen LogP contribution in [0.25, 0.3) is 0 Å². The first kappa shape index (κ1) is 21.4. The number of hydrogen-bond donors (Lipinski definition) is 2. The SMILES string of the molecule is CN=C(NCCCCN1CCOCC1)NCC(C(C)C)N1CCOCC1. The Bertz CT molecular complexity index is 393. The highest BCUT2D eigenvalue weighted by molar-refractivity contribution is 5.79. The molecule has 2 fully saturated rings. The minimum Gasteiger partial charge on any atom is -0.379 e. The molecular weight excluding hydrogens is 330 g/mol. The Hall–Kier alpha value is -0.890. The first-order valence-electron chi connectivity index (χ1n) is 10.3. The maximum Gasteiger partial charge on any atom is 0.191 e. The number of ether oxygens (including phenoxy) is 2. The molecule has 2 heterocycles. The van der Waals surface area contributed by atoms with E-state index in [-0.39, 0.29) is 0 Å². The van der Waals surface area contributed by atoms with Crippen molar-refractivity contribution in [2.75, 3.05) is 79.3 Å². The summed E-state index contributed by atoms with van der Waals surface area (Å²) < 4.78 is 10.9. The van der Waals surface area contributed by atoms with Gasteiger partial charge in [-0.3, -0.25) is 14.8 Å². The normalized spacial score (nSPS) is 21.8. The molecule has 0 aromatic heterocycles. The van der Waals surface area contributed by atoms with Crippen LogP contribution in [0.2, 0.25) is 0 Å². The highest BCUT2D eigenvalue weighted by Crippen LogP contribution is 2.12. The second-order valence-corrected chi connectivity index (χ2v) is 7.50. The molecule has 1 unspecified atom stereocenters. The van der Waals surface area contributed by atoms with Crippen LogP contribution >= 0.6 is 0 Å². The van der Waals surface area contributed by atoms with Crippen LogP contribution in [0.5, 0.6) is 0 Å². The Morgan fingerprint density at radius 3 is 2.23 bits per heavy atom. The zero-order valence-corrected chi connectivity index (χ0v) is 17.0. The molecule has 0 radical (unpaired) electrons. The lowest BCUT2D eigenvalue weighted by atomic mass is 10.0. The summed E-state index contributed by atoms with van der Waals surface area (Å²) in [6, 6.07) is 0.513. The molecule has 2 saturated heterocycles. The Kier molecular flexibility index (Phi) is 10.3. The standard InChI is InChI=1S/C19H39N5O2/c1-17(2)18(24-10-14-26-15-11-24)16-22-19(20-3)21-6-4-5-7-23-8-12-25-13-9-23/h17-18H,4-16H2,1-3H3,(H2,20,21,22). The predicted molar refractivity (Wildman–Crippen MR) is 107 cm³/mol. The molecule has 0 aromatic carbocycles. The van der Waals surface area contributed by atoms with Crippen LogP contribution in [-0.2, 0) is 9.47 Å². The van der Waals surface area contributed by atoms with Crippen molar-refractivity contribution in [3.05, 3.63) is 0 Å². The van der Waals surface area contributed by atoms with Gasteiger partial charge in [0.1, 0.15) is 0 Å². The molecule has 0 saturated carbocycles. The van der Waals surface area contributed by atoms with E-state index < -0.39 is 0 Å². The molecular formula is C19H39N5O2. The number of nitrogens with one attached hydrogen (secondary N) is 2. The quantitative estimate of drug-likeness (QED) is 0.353. The number of hydrogen-bond acceptors (Lipinski definition) is 5. The molecule has 2 aliphatic rings. The van der Waals surface area contributed by atoms with E-state index in [0.29, 0.717) is 12.0 Å². The van der Waals surface area contributed by atoms with Gasteiger partial charge in [-0.2, -0.15) is 0 Å². The van der Waals surface area contributed by atoms with Crippen molar-refractivity contribution in [2.45, 2.75) is 32.7 Å². The minimum absolute atomic E-state index is 0.513. The molecule has 0 spiro atoms. The third-order valence-electron chi connectivity index (χ3n) is 5.28. The van der Waals surface area contributed by atoms with Gasteiger partial charge in [0.05, 0.1) is 26.4 Å². The van der Waals surface area contributed by atoms with Crippen LogP contribution < -0.4 is 10.6 Å². The molecule has 0 aromatic rings. The van der Waals surface area contributed by atoms with Crippen molar-refractivity contribution >= 4 is 5.96 Å². The average Bonchev–Trinajstić information content (AvgIpc) is 2.67. The van der Waals surface area contributed by atoms with Gasteiger partial charge in [0.25, 0.3) is 0 Å². The Morgan fingerprint density at radius 1 is 0.962 bits per heavy atom. The van der Waals surface area contributed by atoms with Crippen molar-refractivity contribution in [1.82, 2.24) is 20.4 Å². The summed E-state index contributed by atoms with van der Waals surface area (Å²) in [5, 5.41) is 6.97. The Morgan fingerprint density at radius 2 is 1.62 bits per heavy atom. The third kappa shape index (κ3) is 7.78. The van der Waals surface area contributed by atoms with Gasteiger partial charge in [0.15, 0.2) is 5.96 Å². The van der Waals surface area contributed by atoms with E-state index in [9.17, 15) is 0 Å². The summed E-state index contributed by atoms with van der Waals surface area (Å²) in [5.74, 6) is 1.52. The summed E-state index contributed by atoms with van der Waals surface area (Å²) in [6.45, 7) is 15.3. The molecule has 7 nitrogen and oxygen atoms in total. The largest absolute Gasteiger partial charge is 0.379 e. The first-order chi connectivity index (χ1) is 12.7. The number of aliphatic imine (C=N–C) groups is 1. The fourth-order valence-corrected chi connectivity index (χ4v) is 3.61. The van der Waals surface area contributed by atoms with E-state index in [1.807, 2.05) is 7.05 Å². The van der Waals surface area contributed by atoms with Crippen LogP contribution in [0.1, 0.15) is 26.7 Å². The van der Waals surface area contributed by atoms with Gasteiger partial charge >= 0.3 is 0 Å². The summed E-state index contributed by atoms with van der Waals surface area (Å²) >= 11 is 0. The molecule has 1 atom stereocenters. The number of guanidine groups is 1. The number of morpholine rings is 2. The molecule has 2 aliphatic heterocycles. The molecule has 152 valence electrons. The highest BCUT2D eigenvalue weighted by atomic mass is 16.5. The fourth-order valence-electron chi connectivity index (χ4n) is 3.61. The smallest absolute Gasteiger partial charge is 0.191 e. The van der Waals surface area contributed by atoms with Crippen molar-refractivity contribution in [3.63, 3.8) is 0 Å². The van der Waals surface area contributed by atoms with Crippen molar-refractivity contribution in [3.8, 4) is 0 Å². The zero-order chi connectivity index (χ0) is 18.6. The zero-order valence-electron chi connectivity index (χ0n) is 17.0. The monoisotopic (exact) mass is 369 g/mol. The first-order valence-corrected chi connectivity index (χ1v) is 10.3. The second kappa shape index (κ2) is 12.5. The van der Waals surface area contributed by atoms with Crippen LogP contribution in [-0.4, -0.2) is 101 Å². The van der Waals surface area contributed by atoms with Gasteiger partial charge in [-0.15, -0.1) is 0 Å². The van der Waals surface area contributed by atoms with E-state index in [2.05, 4.69) is 39.3 Å². The maximum atomic E-state index is 5.49. The van der Waals surface area contributed by atoms with E-state index in [0.717, 1.165) is 78.1 Å². The molecule has 7 heteroatoms. The molecule has 0 bridgehead atoms. The van der Waals surface area contributed by atoms with Gasteiger partial charge in [-0.25, -0.2) is 0 Å². The number of nitrogens with zero attached hydrogens (tertiary/aromatic N) is 3. The summed E-state index contributed by atoms with van der Waals surface area (Å²) in [6.07, 6.45) is 2.38. The lowest BCUT2D eigenvalue weighted by Crippen LogP contribution is -2.52. The third-order valence-corrected chi connectivity index (χ3v) is 5.28. The number of unbranched alkanes of at least 4 members (excludes halogenated alkanes) is 1.